The van der Waals surface area contributed by atoms with Crippen LogP contribution in [0.2, 0.25) is 0 Å². The van der Waals surface area contributed by atoms with Crippen molar-refractivity contribution in [1.29, 1.82) is 0 Å². The van der Waals surface area contributed by atoms with Gasteiger partial charge in [-0.25, -0.2) is 4.31 Å². The normalized spacial score (nSPS) is 18.1. The van der Waals surface area contributed by atoms with Crippen molar-refractivity contribution in [2.45, 2.75) is 6.30 Å². The second-order valence-corrected chi connectivity index (χ2v) is 2.45. The molecule has 1 rings (SSSR count). The summed E-state index contributed by atoms with van der Waals surface area (Å²) in [7, 11) is 0. The molecule has 0 aliphatic carbocycles. The van der Waals surface area contributed by atoms with Gasteiger partial charge in [0.2, 0.25) is 0 Å². The Labute approximate surface area is 60.3 Å². The van der Waals surface area contributed by atoms with Crippen molar-refractivity contribution in [3.63, 3.8) is 0 Å². The predicted molar refractivity (Wildman–Crippen MR) is 33.8 cm³/mol. The monoisotopic (exact) mass is 167 g/mol. The molecule has 0 aromatic rings. The molecule has 0 saturated carbocycles. The summed E-state index contributed by atoms with van der Waals surface area (Å²) in [6.45, 7) is 0. The SMILES string of the molecule is FC(F)(F)N1C=CC=CS1. The fourth-order valence-electron chi connectivity index (χ4n) is 0.453. The molecule has 0 saturated heterocycles. The molecule has 0 unspecified atom stereocenters. The van der Waals surface area contributed by atoms with Gasteiger partial charge in [0.05, 0.1) is 0 Å². The van der Waals surface area contributed by atoms with Crippen LogP contribution in [0, 0.1) is 0 Å². The minimum absolute atomic E-state index is 0.229. The first-order valence-electron chi connectivity index (χ1n) is 2.47. The van der Waals surface area contributed by atoms with E-state index in [-0.39, 0.29) is 4.31 Å². The Morgan fingerprint density at radius 2 is 1.90 bits per heavy atom. The topological polar surface area (TPSA) is 3.24 Å². The highest BCUT2D eigenvalue weighted by atomic mass is 32.2. The van der Waals surface area contributed by atoms with Crippen LogP contribution in [0.1, 0.15) is 0 Å². The van der Waals surface area contributed by atoms with E-state index < -0.39 is 6.30 Å². The molecule has 1 aliphatic rings. The lowest BCUT2D eigenvalue weighted by Crippen LogP contribution is -2.26. The van der Waals surface area contributed by atoms with E-state index in [9.17, 15) is 13.2 Å². The lowest BCUT2D eigenvalue weighted by molar-refractivity contribution is -0.191. The molecule has 0 radical (unpaired) electrons. The summed E-state index contributed by atoms with van der Waals surface area (Å²) < 4.78 is 35.5. The number of rotatable bonds is 0. The fraction of sp³-hybridized carbons (Fsp3) is 0.200. The molecule has 0 amide bonds. The highest BCUT2D eigenvalue weighted by molar-refractivity contribution is 8.00. The lowest BCUT2D eigenvalue weighted by Gasteiger charge is -2.20. The molecule has 0 N–H and O–H groups in total. The Balaban J connectivity index is 2.60. The van der Waals surface area contributed by atoms with Gasteiger partial charge in [-0.3, -0.25) is 0 Å². The van der Waals surface area contributed by atoms with Gasteiger partial charge >= 0.3 is 6.30 Å². The molecule has 56 valence electrons. The van der Waals surface area contributed by atoms with Crippen molar-refractivity contribution < 1.29 is 13.2 Å². The highest BCUT2D eigenvalue weighted by Crippen LogP contribution is 2.31. The lowest BCUT2D eigenvalue weighted by atomic mass is 10.6. The number of alkyl halides is 3. The molecule has 0 atom stereocenters. The van der Waals surface area contributed by atoms with E-state index in [1.807, 2.05) is 0 Å². The molecule has 0 spiro atoms. The van der Waals surface area contributed by atoms with Gasteiger partial charge in [-0.15, -0.1) is 13.2 Å². The number of hydrogen-bond donors (Lipinski definition) is 0. The molecule has 1 heterocycles. The maximum atomic E-state index is 11.8. The first kappa shape index (κ1) is 7.53. The van der Waals surface area contributed by atoms with Crippen LogP contribution in [0.5, 0.6) is 0 Å². The predicted octanol–water partition coefficient (Wildman–Crippen LogP) is 2.50. The first-order chi connectivity index (χ1) is 4.61. The molecule has 0 bridgehead atoms. The van der Waals surface area contributed by atoms with Crippen molar-refractivity contribution >= 4 is 11.9 Å². The minimum Gasteiger partial charge on any atom is -0.229 e. The Hall–Kier alpha value is -0.580. The smallest absolute Gasteiger partial charge is 0.229 e. The fourth-order valence-corrected chi connectivity index (χ4v) is 1.01. The van der Waals surface area contributed by atoms with Crippen LogP contribution in [0.3, 0.4) is 0 Å². The molecule has 0 aromatic heterocycles. The quantitative estimate of drug-likeness (QED) is 0.403. The summed E-state index contributed by atoms with van der Waals surface area (Å²) >= 11 is 0.611. The molecule has 0 aromatic carbocycles. The van der Waals surface area contributed by atoms with Crippen LogP contribution in [0.15, 0.2) is 23.8 Å². The highest BCUT2D eigenvalue weighted by Gasteiger charge is 2.35. The van der Waals surface area contributed by atoms with Crippen molar-refractivity contribution in [3.05, 3.63) is 23.8 Å². The van der Waals surface area contributed by atoms with Crippen LogP contribution >= 0.6 is 11.9 Å². The number of nitrogens with zero attached hydrogens (tertiary/aromatic N) is 1. The van der Waals surface area contributed by atoms with E-state index in [1.54, 1.807) is 6.08 Å². The molecule has 0 fully saturated rings. The summed E-state index contributed by atoms with van der Waals surface area (Å²) in [6, 6.07) is 0. The molecular formula is C5H4F3NS. The van der Waals surface area contributed by atoms with Gasteiger partial charge in [0.25, 0.3) is 0 Å². The molecule has 10 heavy (non-hydrogen) atoms. The van der Waals surface area contributed by atoms with Gasteiger partial charge in [-0.2, -0.15) is 0 Å². The third-order valence-electron chi connectivity index (χ3n) is 0.835. The Morgan fingerprint density at radius 3 is 2.20 bits per heavy atom. The van der Waals surface area contributed by atoms with Gasteiger partial charge in [0.1, 0.15) is 0 Å². The number of hydrogen-bond acceptors (Lipinski definition) is 2. The van der Waals surface area contributed by atoms with E-state index in [2.05, 4.69) is 0 Å². The zero-order valence-electron chi connectivity index (χ0n) is 4.80. The van der Waals surface area contributed by atoms with Gasteiger partial charge in [-0.05, 0) is 23.4 Å². The van der Waals surface area contributed by atoms with E-state index >= 15 is 0 Å². The Bertz CT molecular complexity index is 172. The number of allylic oxidation sites excluding steroid dienone is 2. The summed E-state index contributed by atoms with van der Waals surface area (Å²) in [4.78, 5) is 0. The van der Waals surface area contributed by atoms with Crippen LogP contribution in [0.25, 0.3) is 0 Å². The van der Waals surface area contributed by atoms with Gasteiger partial charge in [0, 0.05) is 6.20 Å². The summed E-state index contributed by atoms with van der Waals surface area (Å²) in [6.07, 6.45) is -0.409. The van der Waals surface area contributed by atoms with Gasteiger partial charge < -0.3 is 0 Å². The zero-order valence-corrected chi connectivity index (χ0v) is 5.62. The first-order valence-corrected chi connectivity index (χ1v) is 3.30. The molecule has 1 aliphatic heterocycles. The third kappa shape index (κ3) is 1.70. The second kappa shape index (κ2) is 2.57. The average Bonchev–Trinajstić information content (AvgIpc) is 1.88. The maximum absolute atomic E-state index is 11.8. The molecule has 5 heteroatoms. The average molecular weight is 167 g/mol. The van der Waals surface area contributed by atoms with E-state index in [0.29, 0.717) is 11.9 Å². The van der Waals surface area contributed by atoms with E-state index in [0.717, 1.165) is 6.20 Å². The third-order valence-corrected chi connectivity index (χ3v) is 1.67. The largest absolute Gasteiger partial charge is 0.494 e. The van der Waals surface area contributed by atoms with Crippen LogP contribution in [-0.4, -0.2) is 10.6 Å². The van der Waals surface area contributed by atoms with Crippen molar-refractivity contribution in [2.75, 3.05) is 0 Å². The summed E-state index contributed by atoms with van der Waals surface area (Å²) in [5.41, 5.74) is 0. The van der Waals surface area contributed by atoms with Crippen LogP contribution < -0.4 is 0 Å². The second-order valence-electron chi connectivity index (χ2n) is 1.57. The minimum atomic E-state index is -4.27. The zero-order chi connectivity index (χ0) is 7.61. The van der Waals surface area contributed by atoms with Crippen molar-refractivity contribution in [2.24, 2.45) is 0 Å². The van der Waals surface area contributed by atoms with Crippen LogP contribution in [-0.2, 0) is 0 Å². The summed E-state index contributed by atoms with van der Waals surface area (Å²) in [5.74, 6) is 0. The standard InChI is InChI=1S/C5H4F3NS/c6-5(7,8)9-3-1-2-4-10-9/h1-4H. The molecule has 1 nitrogen and oxygen atoms in total. The van der Waals surface area contributed by atoms with E-state index in [4.69, 9.17) is 0 Å². The van der Waals surface area contributed by atoms with Gasteiger partial charge in [-0.1, -0.05) is 6.08 Å². The maximum Gasteiger partial charge on any atom is 0.494 e. The number of halogens is 3. The van der Waals surface area contributed by atoms with Crippen molar-refractivity contribution in [3.8, 4) is 0 Å². The Kier molecular flexibility index (Phi) is 1.94. The van der Waals surface area contributed by atoms with E-state index in [1.165, 1.54) is 11.5 Å². The van der Waals surface area contributed by atoms with Crippen molar-refractivity contribution in [1.82, 2.24) is 4.31 Å². The Morgan fingerprint density at radius 1 is 1.20 bits per heavy atom. The van der Waals surface area contributed by atoms with Gasteiger partial charge in [0.15, 0.2) is 0 Å². The summed E-state index contributed by atoms with van der Waals surface area (Å²) in [5, 5.41) is 1.37. The molecular weight excluding hydrogens is 163 g/mol. The van der Waals surface area contributed by atoms with Crippen LogP contribution in [0.4, 0.5) is 13.2 Å².